The van der Waals surface area contributed by atoms with Gasteiger partial charge in [-0.1, -0.05) is 70.1 Å². The number of nitrogens with two attached hydrogens (primary N) is 1. The average molecular weight is 233 g/mol. The van der Waals surface area contributed by atoms with Crippen LogP contribution in [0.1, 0.15) is 63.9 Å². The molecule has 1 aromatic rings. The Morgan fingerprint density at radius 1 is 0.824 bits per heavy atom. The highest BCUT2D eigenvalue weighted by Crippen LogP contribution is 2.15. The lowest BCUT2D eigenvalue weighted by molar-refractivity contribution is 0.575. The summed E-state index contributed by atoms with van der Waals surface area (Å²) in [6, 6.07) is 8.24. The quantitative estimate of drug-likeness (QED) is 0.474. The van der Waals surface area contributed by atoms with Gasteiger partial charge in [-0.2, -0.15) is 0 Å². The van der Waals surface area contributed by atoms with Crippen molar-refractivity contribution in [3.8, 4) is 0 Å². The highest BCUT2D eigenvalue weighted by molar-refractivity contribution is 5.46. The van der Waals surface area contributed by atoms with Gasteiger partial charge in [0.25, 0.3) is 0 Å². The Labute approximate surface area is 106 Å². The lowest BCUT2D eigenvalue weighted by Gasteiger charge is -2.05. The van der Waals surface area contributed by atoms with Crippen molar-refractivity contribution in [3.05, 3.63) is 29.8 Å². The van der Waals surface area contributed by atoms with E-state index in [0.29, 0.717) is 0 Å². The van der Waals surface area contributed by atoms with Gasteiger partial charge in [0.2, 0.25) is 0 Å². The van der Waals surface area contributed by atoms with Crippen molar-refractivity contribution in [2.24, 2.45) is 0 Å². The number of nitrogen functional groups attached to an aromatic ring is 1. The van der Waals surface area contributed by atoms with Gasteiger partial charge in [0, 0.05) is 5.69 Å². The summed E-state index contributed by atoms with van der Waals surface area (Å²) in [5.74, 6) is 0. The number of rotatable bonds is 9. The summed E-state index contributed by atoms with van der Waals surface area (Å²) >= 11 is 0. The lowest BCUT2D eigenvalue weighted by atomic mass is 10.0. The van der Waals surface area contributed by atoms with Gasteiger partial charge >= 0.3 is 0 Å². The van der Waals surface area contributed by atoms with Gasteiger partial charge in [-0.25, -0.2) is 0 Å². The number of unbranched alkanes of at least 4 members (excludes halogenated alkanes) is 7. The van der Waals surface area contributed by atoms with E-state index in [0.717, 1.165) is 12.1 Å². The zero-order valence-electron chi connectivity index (χ0n) is 11.3. The van der Waals surface area contributed by atoms with Crippen LogP contribution in [0.5, 0.6) is 0 Å². The third kappa shape index (κ3) is 6.35. The molecule has 1 rings (SSSR count). The van der Waals surface area contributed by atoms with E-state index in [1.165, 1.54) is 56.9 Å². The van der Waals surface area contributed by atoms with Crippen LogP contribution >= 0.6 is 0 Å². The Morgan fingerprint density at radius 3 is 2.06 bits per heavy atom. The summed E-state index contributed by atoms with van der Waals surface area (Å²) in [7, 11) is 0. The molecule has 0 spiro atoms. The van der Waals surface area contributed by atoms with E-state index in [-0.39, 0.29) is 0 Å². The fourth-order valence-electron chi connectivity index (χ4n) is 2.21. The molecule has 0 unspecified atom stereocenters. The molecule has 0 amide bonds. The Kier molecular flexibility index (Phi) is 7.53. The summed E-state index contributed by atoms with van der Waals surface area (Å²) in [6.07, 6.45) is 12.1. The highest BCUT2D eigenvalue weighted by atomic mass is 14.6. The second-order valence-electron chi connectivity index (χ2n) is 4.92. The van der Waals surface area contributed by atoms with Crippen LogP contribution in [0.3, 0.4) is 0 Å². The fraction of sp³-hybridized carbons (Fsp3) is 0.625. The maximum atomic E-state index is 5.92. The molecule has 0 aliphatic rings. The summed E-state index contributed by atoms with van der Waals surface area (Å²) in [5.41, 5.74) is 8.19. The van der Waals surface area contributed by atoms with Crippen molar-refractivity contribution in [3.63, 3.8) is 0 Å². The van der Waals surface area contributed by atoms with E-state index in [1.807, 2.05) is 12.1 Å². The third-order valence-electron chi connectivity index (χ3n) is 3.35. The van der Waals surface area contributed by atoms with Crippen LogP contribution in [-0.2, 0) is 6.42 Å². The lowest BCUT2D eigenvalue weighted by Crippen LogP contribution is -1.93. The van der Waals surface area contributed by atoms with Gasteiger partial charge in [-0.15, -0.1) is 0 Å². The summed E-state index contributed by atoms with van der Waals surface area (Å²) in [5, 5.41) is 0. The van der Waals surface area contributed by atoms with Crippen LogP contribution in [0.15, 0.2) is 24.3 Å². The van der Waals surface area contributed by atoms with Crippen molar-refractivity contribution in [2.75, 3.05) is 5.73 Å². The fourth-order valence-corrected chi connectivity index (χ4v) is 2.21. The van der Waals surface area contributed by atoms with Crippen molar-refractivity contribution in [1.29, 1.82) is 0 Å². The molecule has 17 heavy (non-hydrogen) atoms. The highest BCUT2D eigenvalue weighted by Gasteiger charge is 1.97. The predicted molar refractivity (Wildman–Crippen MR) is 77.2 cm³/mol. The number of benzene rings is 1. The van der Waals surface area contributed by atoms with E-state index < -0.39 is 0 Å². The van der Waals surface area contributed by atoms with Crippen LogP contribution in [-0.4, -0.2) is 0 Å². The van der Waals surface area contributed by atoms with E-state index >= 15 is 0 Å². The van der Waals surface area contributed by atoms with Gasteiger partial charge in [0.15, 0.2) is 0 Å². The minimum absolute atomic E-state index is 0.954. The summed E-state index contributed by atoms with van der Waals surface area (Å²) < 4.78 is 0. The van der Waals surface area contributed by atoms with E-state index in [2.05, 4.69) is 19.1 Å². The molecule has 0 heterocycles. The van der Waals surface area contributed by atoms with Crippen LogP contribution in [0.4, 0.5) is 5.69 Å². The molecule has 0 bridgehead atoms. The zero-order chi connectivity index (χ0) is 12.3. The molecule has 1 heteroatoms. The van der Waals surface area contributed by atoms with E-state index in [1.54, 1.807) is 0 Å². The topological polar surface area (TPSA) is 26.0 Å². The maximum absolute atomic E-state index is 5.92. The van der Waals surface area contributed by atoms with Gasteiger partial charge in [-0.3, -0.25) is 0 Å². The second kappa shape index (κ2) is 9.09. The van der Waals surface area contributed by atoms with Crippen molar-refractivity contribution >= 4 is 5.69 Å². The number of anilines is 1. The van der Waals surface area contributed by atoms with Gasteiger partial charge in [0.1, 0.15) is 0 Å². The Balaban J connectivity index is 1.99. The van der Waals surface area contributed by atoms with Crippen molar-refractivity contribution in [1.82, 2.24) is 0 Å². The van der Waals surface area contributed by atoms with Gasteiger partial charge in [-0.05, 0) is 24.5 Å². The minimum atomic E-state index is 0.954. The smallest absolute Gasteiger partial charge is 0.0346 e. The molecule has 1 nitrogen and oxygen atoms in total. The van der Waals surface area contributed by atoms with Crippen LogP contribution in [0.2, 0.25) is 0 Å². The van der Waals surface area contributed by atoms with Gasteiger partial charge in [0.05, 0.1) is 0 Å². The SMILES string of the molecule is CCCCCCCCCCc1ccccc1N. The first kappa shape index (κ1) is 14.1. The largest absolute Gasteiger partial charge is 0.399 e. The molecule has 0 fully saturated rings. The standard InChI is InChI=1S/C16H27N/c1-2-3-4-5-6-7-8-9-12-15-13-10-11-14-16(15)17/h10-11,13-14H,2-9,12,17H2,1H3. The molecule has 1 aromatic carbocycles. The molecule has 0 aromatic heterocycles. The molecule has 0 aliphatic carbocycles. The van der Waals surface area contributed by atoms with E-state index in [9.17, 15) is 0 Å². The monoisotopic (exact) mass is 233 g/mol. The number of aryl methyl sites for hydroxylation is 1. The Hall–Kier alpha value is -0.980. The third-order valence-corrected chi connectivity index (χ3v) is 3.35. The second-order valence-corrected chi connectivity index (χ2v) is 4.92. The Morgan fingerprint density at radius 2 is 1.41 bits per heavy atom. The molecule has 96 valence electrons. The summed E-state index contributed by atoms with van der Waals surface area (Å²) in [4.78, 5) is 0. The number of hydrogen-bond acceptors (Lipinski definition) is 1. The first-order chi connectivity index (χ1) is 8.34. The van der Waals surface area contributed by atoms with E-state index in [4.69, 9.17) is 5.73 Å². The number of para-hydroxylation sites is 1. The zero-order valence-corrected chi connectivity index (χ0v) is 11.3. The molecule has 0 atom stereocenters. The predicted octanol–water partition coefficient (Wildman–Crippen LogP) is 4.95. The summed E-state index contributed by atoms with van der Waals surface area (Å²) in [6.45, 7) is 2.27. The maximum Gasteiger partial charge on any atom is 0.0346 e. The average Bonchev–Trinajstić information content (AvgIpc) is 2.35. The number of hydrogen-bond donors (Lipinski definition) is 1. The molecular formula is C16H27N. The molecule has 0 saturated heterocycles. The van der Waals surface area contributed by atoms with Crippen LogP contribution < -0.4 is 5.73 Å². The molecule has 0 aliphatic heterocycles. The molecule has 0 radical (unpaired) electrons. The van der Waals surface area contributed by atoms with Crippen LogP contribution in [0.25, 0.3) is 0 Å². The molecular weight excluding hydrogens is 206 g/mol. The minimum Gasteiger partial charge on any atom is -0.399 e. The van der Waals surface area contributed by atoms with Crippen molar-refractivity contribution in [2.45, 2.75) is 64.7 Å². The van der Waals surface area contributed by atoms with Crippen molar-refractivity contribution < 1.29 is 0 Å². The normalized spacial score (nSPS) is 10.6. The molecule has 0 saturated carbocycles. The first-order valence-electron chi connectivity index (χ1n) is 7.18. The van der Waals surface area contributed by atoms with Crippen LogP contribution in [0, 0.1) is 0 Å². The Bertz CT molecular complexity index is 293. The first-order valence-corrected chi connectivity index (χ1v) is 7.18. The molecule has 2 N–H and O–H groups in total. The van der Waals surface area contributed by atoms with Gasteiger partial charge < -0.3 is 5.73 Å².